The fourth-order valence-electron chi connectivity index (χ4n) is 1.37. The predicted octanol–water partition coefficient (Wildman–Crippen LogP) is 1.12. The first kappa shape index (κ1) is 12.6. The van der Waals surface area contributed by atoms with Crippen LogP contribution < -0.4 is 0 Å². The number of hydrogen-bond acceptors (Lipinski definition) is 3. The van der Waals surface area contributed by atoms with Gasteiger partial charge in [-0.15, -0.1) is 0 Å². The van der Waals surface area contributed by atoms with Crippen molar-refractivity contribution >= 4 is 5.91 Å². The number of nitrogens with zero attached hydrogens (tertiary/aromatic N) is 2. The molecule has 0 fully saturated rings. The second kappa shape index (κ2) is 6.23. The molecule has 1 amide bonds. The van der Waals surface area contributed by atoms with Crippen molar-refractivity contribution < 1.29 is 9.53 Å². The molecule has 0 aliphatic rings. The van der Waals surface area contributed by atoms with Gasteiger partial charge in [-0.3, -0.25) is 9.78 Å². The highest BCUT2D eigenvalue weighted by molar-refractivity contribution is 5.80. The van der Waals surface area contributed by atoms with Gasteiger partial charge in [0.1, 0.15) is 6.10 Å². The van der Waals surface area contributed by atoms with E-state index in [9.17, 15) is 4.79 Å². The summed E-state index contributed by atoms with van der Waals surface area (Å²) in [5.41, 5.74) is 1.18. The Balaban J connectivity index is 2.41. The number of carbonyl (C=O) groups excluding carboxylic acids is 1. The summed E-state index contributed by atoms with van der Waals surface area (Å²) in [6.07, 6.45) is 3.98. The summed E-state index contributed by atoms with van der Waals surface area (Å²) >= 11 is 0. The van der Waals surface area contributed by atoms with Crippen molar-refractivity contribution in [2.24, 2.45) is 0 Å². The first-order valence-electron chi connectivity index (χ1n) is 5.32. The molecular weight excluding hydrogens is 204 g/mol. The Morgan fingerprint density at radius 2 is 2.12 bits per heavy atom. The topological polar surface area (TPSA) is 42.4 Å². The summed E-state index contributed by atoms with van der Waals surface area (Å²) in [6.45, 7) is 2.45. The van der Waals surface area contributed by atoms with E-state index in [-0.39, 0.29) is 12.0 Å². The van der Waals surface area contributed by atoms with Gasteiger partial charge in [-0.2, -0.15) is 0 Å². The molecule has 1 aromatic heterocycles. The molecule has 1 atom stereocenters. The fourth-order valence-corrected chi connectivity index (χ4v) is 1.37. The quantitative estimate of drug-likeness (QED) is 0.749. The molecule has 0 aliphatic heterocycles. The number of ether oxygens (including phenoxy) is 1. The van der Waals surface area contributed by atoms with Crippen molar-refractivity contribution in [1.82, 2.24) is 9.88 Å². The predicted molar refractivity (Wildman–Crippen MR) is 62.0 cm³/mol. The lowest BCUT2D eigenvalue weighted by Gasteiger charge is -2.20. The van der Waals surface area contributed by atoms with Crippen LogP contribution in [-0.4, -0.2) is 42.6 Å². The Morgan fingerprint density at radius 1 is 1.50 bits per heavy atom. The van der Waals surface area contributed by atoms with Gasteiger partial charge < -0.3 is 9.64 Å². The Labute approximate surface area is 96.2 Å². The van der Waals surface area contributed by atoms with Gasteiger partial charge in [-0.05, 0) is 31.0 Å². The maximum atomic E-state index is 11.7. The zero-order valence-corrected chi connectivity index (χ0v) is 10.0. The van der Waals surface area contributed by atoms with Crippen LogP contribution in [0.1, 0.15) is 12.5 Å². The molecule has 0 N–H and O–H groups in total. The van der Waals surface area contributed by atoms with E-state index in [2.05, 4.69) is 4.98 Å². The monoisotopic (exact) mass is 222 g/mol. The third kappa shape index (κ3) is 3.62. The van der Waals surface area contributed by atoms with Crippen LogP contribution in [0.2, 0.25) is 0 Å². The van der Waals surface area contributed by atoms with Crippen LogP contribution in [0.5, 0.6) is 0 Å². The van der Waals surface area contributed by atoms with E-state index in [1.807, 2.05) is 12.1 Å². The second-order valence-corrected chi connectivity index (χ2v) is 3.74. The van der Waals surface area contributed by atoms with Gasteiger partial charge in [0.2, 0.25) is 0 Å². The number of aromatic nitrogens is 1. The summed E-state index contributed by atoms with van der Waals surface area (Å²) in [5.74, 6) is 0.0107. The Bertz CT molecular complexity index is 327. The van der Waals surface area contributed by atoms with E-state index in [1.54, 1.807) is 38.4 Å². The van der Waals surface area contributed by atoms with Crippen molar-refractivity contribution in [2.75, 3.05) is 20.7 Å². The zero-order chi connectivity index (χ0) is 12.0. The standard InChI is InChI=1S/C12H18N2O2/c1-10(16-3)12(15)14(2)9-6-11-4-7-13-8-5-11/h4-5,7-8,10H,6,9H2,1-3H3. The largest absolute Gasteiger partial charge is 0.372 e. The molecule has 0 aliphatic carbocycles. The molecule has 0 spiro atoms. The molecule has 1 rings (SSSR count). The Morgan fingerprint density at radius 3 is 2.69 bits per heavy atom. The molecular formula is C12H18N2O2. The van der Waals surface area contributed by atoms with Crippen LogP contribution in [0.3, 0.4) is 0 Å². The minimum absolute atomic E-state index is 0.0107. The number of rotatable bonds is 5. The molecule has 1 aromatic rings. The maximum absolute atomic E-state index is 11.7. The molecule has 0 aromatic carbocycles. The lowest BCUT2D eigenvalue weighted by Crippen LogP contribution is -2.36. The van der Waals surface area contributed by atoms with Crippen LogP contribution in [0, 0.1) is 0 Å². The van der Waals surface area contributed by atoms with Crippen LogP contribution in [0.4, 0.5) is 0 Å². The second-order valence-electron chi connectivity index (χ2n) is 3.74. The summed E-state index contributed by atoms with van der Waals surface area (Å²) in [4.78, 5) is 17.3. The molecule has 1 heterocycles. The van der Waals surface area contributed by atoms with E-state index in [0.717, 1.165) is 6.42 Å². The van der Waals surface area contributed by atoms with E-state index in [4.69, 9.17) is 4.74 Å². The maximum Gasteiger partial charge on any atom is 0.251 e. The van der Waals surface area contributed by atoms with E-state index in [0.29, 0.717) is 6.54 Å². The van der Waals surface area contributed by atoms with Crippen molar-refractivity contribution in [2.45, 2.75) is 19.4 Å². The first-order valence-corrected chi connectivity index (χ1v) is 5.32. The molecule has 16 heavy (non-hydrogen) atoms. The summed E-state index contributed by atoms with van der Waals surface area (Å²) in [7, 11) is 3.33. The van der Waals surface area contributed by atoms with Gasteiger partial charge >= 0.3 is 0 Å². The van der Waals surface area contributed by atoms with Crippen molar-refractivity contribution in [3.63, 3.8) is 0 Å². The average Bonchev–Trinajstić information content (AvgIpc) is 2.35. The van der Waals surface area contributed by atoms with Crippen molar-refractivity contribution in [3.8, 4) is 0 Å². The van der Waals surface area contributed by atoms with Crippen LogP contribution in [0.25, 0.3) is 0 Å². The lowest BCUT2D eigenvalue weighted by atomic mass is 10.2. The molecule has 0 radical (unpaired) electrons. The third-order valence-corrected chi connectivity index (χ3v) is 2.56. The number of likely N-dealkylation sites (N-methyl/N-ethyl adjacent to an activating group) is 1. The number of hydrogen-bond donors (Lipinski definition) is 0. The zero-order valence-electron chi connectivity index (χ0n) is 10.0. The third-order valence-electron chi connectivity index (χ3n) is 2.56. The van der Waals surface area contributed by atoms with Crippen LogP contribution in [-0.2, 0) is 16.0 Å². The Kier molecular flexibility index (Phi) is 4.92. The molecule has 0 saturated heterocycles. The first-order chi connectivity index (χ1) is 7.65. The summed E-state index contributed by atoms with van der Waals surface area (Å²) in [5, 5.41) is 0. The van der Waals surface area contributed by atoms with Crippen molar-refractivity contribution in [3.05, 3.63) is 30.1 Å². The van der Waals surface area contributed by atoms with Gasteiger partial charge in [0, 0.05) is 33.1 Å². The van der Waals surface area contributed by atoms with Gasteiger partial charge in [0.25, 0.3) is 5.91 Å². The molecule has 88 valence electrons. The normalized spacial score (nSPS) is 12.2. The highest BCUT2D eigenvalue weighted by Crippen LogP contribution is 2.01. The van der Waals surface area contributed by atoms with Gasteiger partial charge in [-0.1, -0.05) is 0 Å². The fraction of sp³-hybridized carbons (Fsp3) is 0.500. The average molecular weight is 222 g/mol. The summed E-state index contributed by atoms with van der Waals surface area (Å²) in [6, 6.07) is 3.91. The van der Waals surface area contributed by atoms with Gasteiger partial charge in [-0.25, -0.2) is 0 Å². The number of pyridine rings is 1. The molecule has 4 nitrogen and oxygen atoms in total. The number of methoxy groups -OCH3 is 1. The highest BCUT2D eigenvalue weighted by Gasteiger charge is 2.15. The molecule has 1 unspecified atom stereocenters. The van der Waals surface area contributed by atoms with E-state index in [1.165, 1.54) is 5.56 Å². The van der Waals surface area contributed by atoms with Crippen LogP contribution >= 0.6 is 0 Å². The smallest absolute Gasteiger partial charge is 0.251 e. The van der Waals surface area contributed by atoms with Gasteiger partial charge in [0.05, 0.1) is 0 Å². The summed E-state index contributed by atoms with van der Waals surface area (Å²) < 4.78 is 4.98. The highest BCUT2D eigenvalue weighted by atomic mass is 16.5. The molecule has 0 saturated carbocycles. The number of carbonyl (C=O) groups is 1. The molecule has 4 heteroatoms. The van der Waals surface area contributed by atoms with E-state index < -0.39 is 0 Å². The number of amides is 1. The molecule has 0 bridgehead atoms. The minimum atomic E-state index is -0.373. The van der Waals surface area contributed by atoms with Gasteiger partial charge in [0.15, 0.2) is 0 Å². The van der Waals surface area contributed by atoms with E-state index >= 15 is 0 Å². The Hall–Kier alpha value is -1.42. The minimum Gasteiger partial charge on any atom is -0.372 e. The SMILES string of the molecule is COC(C)C(=O)N(C)CCc1ccncc1. The van der Waals surface area contributed by atoms with Crippen LogP contribution in [0.15, 0.2) is 24.5 Å². The lowest BCUT2D eigenvalue weighted by molar-refractivity contribution is -0.139. The van der Waals surface area contributed by atoms with Crippen molar-refractivity contribution in [1.29, 1.82) is 0 Å².